The quantitative estimate of drug-likeness (QED) is 0.692. The molecule has 1 aromatic rings. The summed E-state index contributed by atoms with van der Waals surface area (Å²) in [6.45, 7) is 2.98. The minimum absolute atomic E-state index is 0. The maximum absolute atomic E-state index is 11.8. The first-order valence-corrected chi connectivity index (χ1v) is 7.82. The monoisotopic (exact) mass is 378 g/mol. The van der Waals surface area contributed by atoms with Gasteiger partial charge in [0.05, 0.1) is 13.0 Å². The first kappa shape index (κ1) is 20.2. The Morgan fingerprint density at radius 2 is 2.24 bits per heavy atom. The van der Waals surface area contributed by atoms with Crippen LogP contribution >= 0.6 is 28.3 Å². The molecule has 1 atom stereocenters. The molecule has 0 bridgehead atoms. The second-order valence-electron chi connectivity index (χ2n) is 4.70. The van der Waals surface area contributed by atoms with E-state index < -0.39 is 0 Å². The van der Waals surface area contributed by atoms with Crippen LogP contribution in [0.15, 0.2) is 28.7 Å². The molecule has 0 aliphatic carbocycles. The van der Waals surface area contributed by atoms with Crippen molar-refractivity contribution in [2.75, 3.05) is 13.2 Å². The van der Waals surface area contributed by atoms with Crippen LogP contribution in [0.2, 0.25) is 0 Å². The van der Waals surface area contributed by atoms with Gasteiger partial charge in [-0.3, -0.25) is 4.79 Å². The Morgan fingerprint density at radius 3 is 2.86 bits per heavy atom. The number of carbonyl (C=O) groups is 1. The molecule has 0 heterocycles. The zero-order valence-electron chi connectivity index (χ0n) is 12.3. The molecule has 1 aromatic carbocycles. The summed E-state index contributed by atoms with van der Waals surface area (Å²) in [4.78, 5) is 11.8. The van der Waals surface area contributed by atoms with Crippen LogP contribution in [0.4, 0.5) is 0 Å². The fourth-order valence-electron chi connectivity index (χ4n) is 1.82. The third-order valence-corrected chi connectivity index (χ3v) is 3.44. The van der Waals surface area contributed by atoms with E-state index in [4.69, 9.17) is 10.5 Å². The van der Waals surface area contributed by atoms with Crippen molar-refractivity contribution in [3.63, 3.8) is 0 Å². The van der Waals surface area contributed by atoms with Gasteiger partial charge in [0.1, 0.15) is 5.75 Å². The van der Waals surface area contributed by atoms with Crippen molar-refractivity contribution in [2.45, 2.75) is 38.6 Å². The Morgan fingerprint density at radius 1 is 1.48 bits per heavy atom. The van der Waals surface area contributed by atoms with Crippen LogP contribution in [0.5, 0.6) is 5.75 Å². The van der Waals surface area contributed by atoms with E-state index in [9.17, 15) is 4.79 Å². The number of nitrogens with one attached hydrogen (secondary N) is 1. The average molecular weight is 380 g/mol. The number of hydrogen-bond donors (Lipinski definition) is 2. The van der Waals surface area contributed by atoms with Crippen LogP contribution in [0, 0.1) is 0 Å². The maximum Gasteiger partial charge on any atom is 0.223 e. The molecule has 6 heteroatoms. The van der Waals surface area contributed by atoms with E-state index in [2.05, 4.69) is 28.2 Å². The number of benzene rings is 1. The van der Waals surface area contributed by atoms with E-state index in [1.165, 1.54) is 0 Å². The molecule has 21 heavy (non-hydrogen) atoms. The third kappa shape index (κ3) is 8.96. The van der Waals surface area contributed by atoms with E-state index in [0.717, 1.165) is 29.5 Å². The third-order valence-electron chi connectivity index (χ3n) is 2.95. The van der Waals surface area contributed by atoms with Gasteiger partial charge in [0, 0.05) is 17.1 Å². The summed E-state index contributed by atoms with van der Waals surface area (Å²) in [5.74, 6) is 0.750. The first-order chi connectivity index (χ1) is 9.65. The van der Waals surface area contributed by atoms with Gasteiger partial charge >= 0.3 is 0 Å². The van der Waals surface area contributed by atoms with Gasteiger partial charge in [0.2, 0.25) is 5.91 Å². The van der Waals surface area contributed by atoms with Gasteiger partial charge < -0.3 is 15.8 Å². The molecule has 4 nitrogen and oxygen atoms in total. The molecule has 1 amide bonds. The van der Waals surface area contributed by atoms with E-state index in [-0.39, 0.29) is 24.4 Å². The standard InChI is InChI=1S/C15H23BrN2O2.ClH/c1-2-3-6-13(11-17)18-15(19)8-9-20-14-7-4-5-12(16)10-14;/h4-5,7,10,13H,2-3,6,8-9,11,17H2,1H3,(H,18,19);1H. The second kappa shape index (κ2) is 11.8. The molecule has 0 spiro atoms. The average Bonchev–Trinajstić information content (AvgIpc) is 2.43. The topological polar surface area (TPSA) is 64.3 Å². The lowest BCUT2D eigenvalue weighted by atomic mass is 10.1. The van der Waals surface area contributed by atoms with Crippen LogP contribution in [0.1, 0.15) is 32.6 Å². The van der Waals surface area contributed by atoms with Crippen LogP contribution in [0.3, 0.4) is 0 Å². The highest BCUT2D eigenvalue weighted by Gasteiger charge is 2.10. The number of unbranched alkanes of at least 4 members (excludes halogenated alkanes) is 1. The van der Waals surface area contributed by atoms with Crippen molar-refractivity contribution < 1.29 is 9.53 Å². The van der Waals surface area contributed by atoms with E-state index in [0.29, 0.717) is 19.6 Å². The normalized spacial score (nSPS) is 11.4. The van der Waals surface area contributed by atoms with Gasteiger partial charge in [0.15, 0.2) is 0 Å². The Hall–Kier alpha value is -0.780. The van der Waals surface area contributed by atoms with Crippen LogP contribution < -0.4 is 15.8 Å². The van der Waals surface area contributed by atoms with Crippen molar-refractivity contribution >= 4 is 34.2 Å². The van der Waals surface area contributed by atoms with Crippen molar-refractivity contribution in [1.82, 2.24) is 5.32 Å². The molecule has 3 N–H and O–H groups in total. The molecule has 0 saturated heterocycles. The lowest BCUT2D eigenvalue weighted by Gasteiger charge is -2.16. The molecule has 1 unspecified atom stereocenters. The van der Waals surface area contributed by atoms with E-state index >= 15 is 0 Å². The molecule has 1 rings (SSSR count). The minimum Gasteiger partial charge on any atom is -0.493 e. The van der Waals surface area contributed by atoms with Gasteiger partial charge in [0.25, 0.3) is 0 Å². The number of amides is 1. The lowest BCUT2D eigenvalue weighted by Crippen LogP contribution is -2.40. The Kier molecular flexibility index (Phi) is 11.4. The van der Waals surface area contributed by atoms with E-state index in [1.807, 2.05) is 24.3 Å². The molecule has 0 saturated carbocycles. The smallest absolute Gasteiger partial charge is 0.223 e. The van der Waals surface area contributed by atoms with Crippen molar-refractivity contribution in [3.05, 3.63) is 28.7 Å². The summed E-state index contributed by atoms with van der Waals surface area (Å²) in [5.41, 5.74) is 5.65. The largest absolute Gasteiger partial charge is 0.493 e. The van der Waals surface area contributed by atoms with E-state index in [1.54, 1.807) is 0 Å². The van der Waals surface area contributed by atoms with Gasteiger partial charge in [-0.25, -0.2) is 0 Å². The Balaban J connectivity index is 0.00000400. The molecule has 0 aliphatic heterocycles. The fourth-order valence-corrected chi connectivity index (χ4v) is 2.20. The SMILES string of the molecule is CCCCC(CN)NC(=O)CCOc1cccc(Br)c1.Cl. The Bertz CT molecular complexity index is 418. The summed E-state index contributed by atoms with van der Waals surface area (Å²) in [5, 5.41) is 2.95. The molecule has 0 aromatic heterocycles. The summed E-state index contributed by atoms with van der Waals surface area (Å²) >= 11 is 3.38. The predicted molar refractivity (Wildman–Crippen MR) is 92.0 cm³/mol. The number of carbonyl (C=O) groups excluding carboxylic acids is 1. The van der Waals surface area contributed by atoms with Gasteiger partial charge in [-0.2, -0.15) is 0 Å². The predicted octanol–water partition coefficient (Wildman–Crippen LogP) is 3.27. The second-order valence-corrected chi connectivity index (χ2v) is 5.61. The molecular weight excluding hydrogens is 356 g/mol. The highest BCUT2D eigenvalue weighted by molar-refractivity contribution is 9.10. The zero-order chi connectivity index (χ0) is 14.8. The first-order valence-electron chi connectivity index (χ1n) is 7.03. The van der Waals surface area contributed by atoms with Crippen molar-refractivity contribution in [2.24, 2.45) is 5.73 Å². The lowest BCUT2D eigenvalue weighted by molar-refractivity contribution is -0.122. The summed E-state index contributed by atoms with van der Waals surface area (Å²) in [6.07, 6.45) is 3.47. The summed E-state index contributed by atoms with van der Waals surface area (Å²) in [6, 6.07) is 7.65. The minimum atomic E-state index is -0.00782. The van der Waals surface area contributed by atoms with Gasteiger partial charge in [-0.1, -0.05) is 41.8 Å². The van der Waals surface area contributed by atoms with Crippen LogP contribution in [0.25, 0.3) is 0 Å². The fraction of sp³-hybridized carbons (Fsp3) is 0.533. The zero-order valence-corrected chi connectivity index (χ0v) is 14.7. The summed E-state index contributed by atoms with van der Waals surface area (Å²) in [7, 11) is 0. The Labute approximate surface area is 141 Å². The highest BCUT2D eigenvalue weighted by atomic mass is 79.9. The van der Waals surface area contributed by atoms with Crippen molar-refractivity contribution in [3.8, 4) is 5.75 Å². The highest BCUT2D eigenvalue weighted by Crippen LogP contribution is 2.17. The number of nitrogens with two attached hydrogens (primary N) is 1. The summed E-state index contributed by atoms with van der Waals surface area (Å²) < 4.78 is 6.49. The molecule has 0 fully saturated rings. The van der Waals surface area contributed by atoms with Crippen LogP contribution in [-0.2, 0) is 4.79 Å². The molecule has 0 aliphatic rings. The van der Waals surface area contributed by atoms with Gasteiger partial charge in [-0.15, -0.1) is 12.4 Å². The number of halogens is 2. The number of hydrogen-bond acceptors (Lipinski definition) is 3. The van der Waals surface area contributed by atoms with Crippen LogP contribution in [-0.4, -0.2) is 25.1 Å². The van der Waals surface area contributed by atoms with Gasteiger partial charge in [-0.05, 0) is 24.6 Å². The maximum atomic E-state index is 11.8. The number of ether oxygens (including phenoxy) is 1. The number of rotatable bonds is 9. The molecular formula is C15H24BrClN2O2. The van der Waals surface area contributed by atoms with Crippen molar-refractivity contribution in [1.29, 1.82) is 0 Å². The molecule has 0 radical (unpaired) electrons. The molecule has 120 valence electrons.